The standard InChI is InChI=1S/C13H14N6/c14-6-2-8-19-13(16-17-18-19)11-4-5-12-10(9-11)3-1-7-15-12/h1,3-5,7,9H,2,6,8,14H2. The quantitative estimate of drug-likeness (QED) is 0.757. The summed E-state index contributed by atoms with van der Waals surface area (Å²) in [5, 5.41) is 12.9. The van der Waals surface area contributed by atoms with Crippen LogP contribution >= 0.6 is 0 Å². The molecule has 0 saturated carbocycles. The van der Waals surface area contributed by atoms with Crippen molar-refractivity contribution in [2.24, 2.45) is 5.73 Å². The van der Waals surface area contributed by atoms with Gasteiger partial charge in [0.2, 0.25) is 0 Å². The highest BCUT2D eigenvalue weighted by molar-refractivity contribution is 5.82. The summed E-state index contributed by atoms with van der Waals surface area (Å²) in [5.74, 6) is 0.763. The average molecular weight is 254 g/mol. The Kier molecular flexibility index (Phi) is 3.16. The lowest BCUT2D eigenvalue weighted by Gasteiger charge is -2.04. The molecule has 0 saturated heterocycles. The molecular weight excluding hydrogens is 240 g/mol. The number of hydrogen-bond acceptors (Lipinski definition) is 5. The summed E-state index contributed by atoms with van der Waals surface area (Å²) in [6.07, 6.45) is 2.64. The number of aromatic nitrogens is 5. The van der Waals surface area contributed by atoms with Crippen LogP contribution in [0.3, 0.4) is 0 Å². The third-order valence-electron chi connectivity index (χ3n) is 2.97. The van der Waals surface area contributed by atoms with E-state index in [4.69, 9.17) is 5.73 Å². The van der Waals surface area contributed by atoms with Crippen molar-refractivity contribution in [1.29, 1.82) is 0 Å². The van der Waals surface area contributed by atoms with E-state index in [0.717, 1.165) is 35.3 Å². The summed E-state index contributed by atoms with van der Waals surface area (Å²) in [6, 6.07) is 9.96. The van der Waals surface area contributed by atoms with Gasteiger partial charge in [0.05, 0.1) is 5.52 Å². The topological polar surface area (TPSA) is 82.5 Å². The summed E-state index contributed by atoms with van der Waals surface area (Å²) >= 11 is 0. The first-order valence-corrected chi connectivity index (χ1v) is 6.20. The molecule has 3 aromatic rings. The number of nitrogens with two attached hydrogens (primary N) is 1. The summed E-state index contributed by atoms with van der Waals surface area (Å²) in [7, 11) is 0. The fraction of sp³-hybridized carbons (Fsp3) is 0.231. The lowest BCUT2D eigenvalue weighted by molar-refractivity contribution is 0.568. The molecular formula is C13H14N6. The molecule has 0 bridgehead atoms. The second-order valence-corrected chi connectivity index (χ2v) is 4.28. The van der Waals surface area contributed by atoms with Crippen LogP contribution in [0.5, 0.6) is 0 Å². The molecule has 0 spiro atoms. The Labute approximate surface area is 110 Å². The fourth-order valence-electron chi connectivity index (χ4n) is 2.02. The molecule has 0 fully saturated rings. The van der Waals surface area contributed by atoms with Crippen molar-refractivity contribution < 1.29 is 0 Å². The minimum atomic E-state index is 0.626. The first-order valence-electron chi connectivity index (χ1n) is 6.20. The Morgan fingerprint density at radius 3 is 3.05 bits per heavy atom. The second kappa shape index (κ2) is 5.11. The van der Waals surface area contributed by atoms with E-state index in [0.29, 0.717) is 6.54 Å². The van der Waals surface area contributed by atoms with Crippen molar-refractivity contribution in [1.82, 2.24) is 25.2 Å². The first-order chi connectivity index (χ1) is 9.38. The van der Waals surface area contributed by atoms with E-state index < -0.39 is 0 Å². The highest BCUT2D eigenvalue weighted by atomic mass is 15.5. The van der Waals surface area contributed by atoms with E-state index in [1.54, 1.807) is 10.9 Å². The molecule has 1 aromatic carbocycles. The van der Waals surface area contributed by atoms with Crippen molar-refractivity contribution in [2.45, 2.75) is 13.0 Å². The van der Waals surface area contributed by atoms with Crippen LogP contribution in [-0.2, 0) is 6.54 Å². The predicted molar refractivity (Wildman–Crippen MR) is 72.2 cm³/mol. The largest absolute Gasteiger partial charge is 0.330 e. The molecule has 0 unspecified atom stereocenters. The summed E-state index contributed by atoms with van der Waals surface area (Å²) in [4.78, 5) is 4.30. The maximum absolute atomic E-state index is 5.52. The number of hydrogen-bond donors (Lipinski definition) is 1. The van der Waals surface area contributed by atoms with Gasteiger partial charge in [-0.05, 0) is 47.7 Å². The van der Waals surface area contributed by atoms with Crippen molar-refractivity contribution in [2.75, 3.05) is 6.54 Å². The zero-order valence-corrected chi connectivity index (χ0v) is 10.4. The van der Waals surface area contributed by atoms with E-state index in [1.165, 1.54) is 0 Å². The molecule has 6 heteroatoms. The third kappa shape index (κ3) is 2.30. The first kappa shape index (κ1) is 11.7. The van der Waals surface area contributed by atoms with E-state index in [1.807, 2.05) is 30.3 Å². The number of aryl methyl sites for hydroxylation is 1. The highest BCUT2D eigenvalue weighted by Crippen LogP contribution is 2.21. The number of benzene rings is 1. The number of nitrogens with zero attached hydrogens (tertiary/aromatic N) is 5. The molecule has 19 heavy (non-hydrogen) atoms. The molecule has 2 heterocycles. The maximum atomic E-state index is 5.52. The number of rotatable bonds is 4. The van der Waals surface area contributed by atoms with Crippen LogP contribution in [0.2, 0.25) is 0 Å². The minimum absolute atomic E-state index is 0.626. The van der Waals surface area contributed by atoms with Crippen molar-refractivity contribution >= 4 is 10.9 Å². The van der Waals surface area contributed by atoms with Crippen molar-refractivity contribution in [3.8, 4) is 11.4 Å². The van der Waals surface area contributed by atoms with Crippen LogP contribution in [0.15, 0.2) is 36.5 Å². The molecule has 3 rings (SSSR count). The van der Waals surface area contributed by atoms with Crippen molar-refractivity contribution in [3.63, 3.8) is 0 Å². The molecule has 2 N–H and O–H groups in total. The molecule has 0 aliphatic rings. The molecule has 0 amide bonds. The van der Waals surface area contributed by atoms with Gasteiger partial charge in [0, 0.05) is 23.7 Å². The van der Waals surface area contributed by atoms with Crippen LogP contribution in [0.25, 0.3) is 22.3 Å². The number of pyridine rings is 1. The Bertz CT molecular complexity index is 690. The Morgan fingerprint density at radius 2 is 2.16 bits per heavy atom. The van der Waals surface area contributed by atoms with Gasteiger partial charge in [-0.25, -0.2) is 4.68 Å². The minimum Gasteiger partial charge on any atom is -0.330 e. The molecule has 0 aliphatic heterocycles. The molecule has 96 valence electrons. The second-order valence-electron chi connectivity index (χ2n) is 4.28. The SMILES string of the molecule is NCCCn1nnnc1-c1ccc2ncccc2c1. The zero-order valence-electron chi connectivity index (χ0n) is 10.4. The molecule has 2 aromatic heterocycles. The van der Waals surface area contributed by atoms with Crippen LogP contribution < -0.4 is 5.73 Å². The van der Waals surface area contributed by atoms with Crippen LogP contribution in [0.4, 0.5) is 0 Å². The van der Waals surface area contributed by atoms with Gasteiger partial charge in [-0.15, -0.1) is 5.10 Å². The average Bonchev–Trinajstić information content (AvgIpc) is 2.93. The predicted octanol–water partition coefficient (Wildman–Crippen LogP) is 1.24. The van der Waals surface area contributed by atoms with Crippen LogP contribution in [0.1, 0.15) is 6.42 Å². The summed E-state index contributed by atoms with van der Waals surface area (Å²) in [6.45, 7) is 1.35. The fourth-order valence-corrected chi connectivity index (χ4v) is 2.02. The lowest BCUT2D eigenvalue weighted by atomic mass is 10.1. The molecule has 0 aliphatic carbocycles. The van der Waals surface area contributed by atoms with Crippen molar-refractivity contribution in [3.05, 3.63) is 36.5 Å². The lowest BCUT2D eigenvalue weighted by Crippen LogP contribution is -2.08. The van der Waals surface area contributed by atoms with E-state index in [2.05, 4.69) is 20.5 Å². The molecule has 6 nitrogen and oxygen atoms in total. The Hall–Kier alpha value is -2.34. The maximum Gasteiger partial charge on any atom is 0.182 e. The normalized spacial score (nSPS) is 11.0. The van der Waals surface area contributed by atoms with Gasteiger partial charge >= 0.3 is 0 Å². The monoisotopic (exact) mass is 254 g/mol. The summed E-state index contributed by atoms with van der Waals surface area (Å²) in [5.41, 5.74) is 7.47. The van der Waals surface area contributed by atoms with Gasteiger partial charge in [0.25, 0.3) is 0 Å². The van der Waals surface area contributed by atoms with Gasteiger partial charge in [-0.2, -0.15) is 0 Å². The number of fused-ring (bicyclic) bond motifs is 1. The van der Waals surface area contributed by atoms with Crippen LogP contribution in [-0.4, -0.2) is 31.7 Å². The van der Waals surface area contributed by atoms with Gasteiger partial charge in [-0.1, -0.05) is 6.07 Å². The van der Waals surface area contributed by atoms with Crippen LogP contribution in [0, 0.1) is 0 Å². The summed E-state index contributed by atoms with van der Waals surface area (Å²) < 4.78 is 1.78. The van der Waals surface area contributed by atoms with E-state index >= 15 is 0 Å². The van der Waals surface area contributed by atoms with E-state index in [-0.39, 0.29) is 0 Å². The van der Waals surface area contributed by atoms with Gasteiger partial charge in [0.15, 0.2) is 5.82 Å². The Morgan fingerprint density at radius 1 is 1.21 bits per heavy atom. The number of tetrazole rings is 1. The Balaban J connectivity index is 2.01. The van der Waals surface area contributed by atoms with E-state index in [9.17, 15) is 0 Å². The van der Waals surface area contributed by atoms with Gasteiger partial charge in [-0.3, -0.25) is 4.98 Å². The zero-order chi connectivity index (χ0) is 13.1. The molecule has 0 radical (unpaired) electrons. The smallest absolute Gasteiger partial charge is 0.182 e. The highest BCUT2D eigenvalue weighted by Gasteiger charge is 2.09. The third-order valence-corrected chi connectivity index (χ3v) is 2.97. The van der Waals surface area contributed by atoms with Gasteiger partial charge in [0.1, 0.15) is 0 Å². The molecule has 0 atom stereocenters. The van der Waals surface area contributed by atoms with Gasteiger partial charge < -0.3 is 5.73 Å².